The van der Waals surface area contributed by atoms with Gasteiger partial charge in [0, 0.05) is 30.5 Å². The van der Waals surface area contributed by atoms with Crippen molar-refractivity contribution in [3.05, 3.63) is 41.7 Å². The van der Waals surface area contributed by atoms with Crippen LogP contribution in [0.4, 0.5) is 0 Å². The largest absolute Gasteiger partial charge is 0.396 e. The van der Waals surface area contributed by atoms with E-state index in [1.807, 2.05) is 0 Å². The van der Waals surface area contributed by atoms with E-state index in [2.05, 4.69) is 55.0 Å². The Morgan fingerprint density at radius 3 is 2.39 bits per heavy atom. The standard InChI is InChI=1S/C15H20N2O/c1-15(2,3)12-6-4-11(5-7-12)14-16-10-13(17-14)8-9-18/h4-7,10,18H,8-9H2,1-3H3,(H,16,17). The van der Waals surface area contributed by atoms with E-state index in [-0.39, 0.29) is 12.0 Å². The number of rotatable bonds is 3. The van der Waals surface area contributed by atoms with Crippen LogP contribution in [0.15, 0.2) is 30.5 Å². The molecule has 0 atom stereocenters. The molecular formula is C15H20N2O. The van der Waals surface area contributed by atoms with Crippen molar-refractivity contribution in [2.75, 3.05) is 6.61 Å². The first-order valence-electron chi connectivity index (χ1n) is 6.26. The molecule has 0 bridgehead atoms. The number of benzene rings is 1. The molecule has 96 valence electrons. The monoisotopic (exact) mass is 244 g/mol. The predicted octanol–water partition coefficient (Wildman–Crippen LogP) is 2.91. The van der Waals surface area contributed by atoms with Crippen molar-refractivity contribution in [3.8, 4) is 11.4 Å². The Morgan fingerprint density at radius 1 is 1.17 bits per heavy atom. The van der Waals surface area contributed by atoms with Crippen molar-refractivity contribution >= 4 is 0 Å². The molecular weight excluding hydrogens is 224 g/mol. The Hall–Kier alpha value is -1.61. The number of hydrogen-bond acceptors (Lipinski definition) is 2. The third-order valence-electron chi connectivity index (χ3n) is 3.03. The number of nitrogens with one attached hydrogen (secondary N) is 1. The third kappa shape index (κ3) is 2.79. The van der Waals surface area contributed by atoms with E-state index in [1.165, 1.54) is 5.56 Å². The van der Waals surface area contributed by atoms with Crippen LogP contribution in [0.5, 0.6) is 0 Å². The number of aromatic amines is 1. The van der Waals surface area contributed by atoms with Gasteiger partial charge < -0.3 is 10.1 Å². The van der Waals surface area contributed by atoms with Gasteiger partial charge in [-0.15, -0.1) is 0 Å². The average Bonchev–Trinajstić information content (AvgIpc) is 2.77. The van der Waals surface area contributed by atoms with Gasteiger partial charge >= 0.3 is 0 Å². The summed E-state index contributed by atoms with van der Waals surface area (Å²) in [7, 11) is 0. The van der Waals surface area contributed by atoms with Crippen LogP contribution in [0.2, 0.25) is 0 Å². The summed E-state index contributed by atoms with van der Waals surface area (Å²) in [4.78, 5) is 7.55. The van der Waals surface area contributed by atoms with E-state index in [0.29, 0.717) is 6.42 Å². The van der Waals surface area contributed by atoms with Gasteiger partial charge in [-0.3, -0.25) is 0 Å². The lowest BCUT2D eigenvalue weighted by atomic mass is 9.87. The highest BCUT2D eigenvalue weighted by Crippen LogP contribution is 2.24. The van der Waals surface area contributed by atoms with Gasteiger partial charge in [-0.05, 0) is 11.0 Å². The van der Waals surface area contributed by atoms with Crippen LogP contribution in [0, 0.1) is 0 Å². The maximum atomic E-state index is 8.88. The second-order valence-electron chi connectivity index (χ2n) is 5.56. The lowest BCUT2D eigenvalue weighted by Crippen LogP contribution is -2.10. The summed E-state index contributed by atoms with van der Waals surface area (Å²) in [5, 5.41) is 8.88. The summed E-state index contributed by atoms with van der Waals surface area (Å²) in [6.45, 7) is 6.75. The summed E-state index contributed by atoms with van der Waals surface area (Å²) in [5.74, 6) is 0.860. The third-order valence-corrected chi connectivity index (χ3v) is 3.03. The summed E-state index contributed by atoms with van der Waals surface area (Å²) in [5.41, 5.74) is 3.52. The molecule has 0 saturated carbocycles. The van der Waals surface area contributed by atoms with Crippen LogP contribution in [0.1, 0.15) is 32.0 Å². The van der Waals surface area contributed by atoms with Gasteiger partial charge in [0.1, 0.15) is 5.82 Å². The van der Waals surface area contributed by atoms with Crippen LogP contribution in [-0.2, 0) is 11.8 Å². The van der Waals surface area contributed by atoms with Crippen LogP contribution in [0.25, 0.3) is 11.4 Å². The second-order valence-corrected chi connectivity index (χ2v) is 5.56. The van der Waals surface area contributed by atoms with E-state index >= 15 is 0 Å². The number of nitrogens with zero attached hydrogens (tertiary/aromatic N) is 1. The molecule has 18 heavy (non-hydrogen) atoms. The van der Waals surface area contributed by atoms with Gasteiger partial charge in [0.05, 0.1) is 0 Å². The van der Waals surface area contributed by atoms with Gasteiger partial charge in [-0.2, -0.15) is 0 Å². The zero-order valence-corrected chi connectivity index (χ0v) is 11.2. The molecule has 3 heteroatoms. The lowest BCUT2D eigenvalue weighted by Gasteiger charge is -2.18. The highest BCUT2D eigenvalue weighted by atomic mass is 16.3. The van der Waals surface area contributed by atoms with Crippen molar-refractivity contribution in [2.24, 2.45) is 0 Å². The van der Waals surface area contributed by atoms with Crippen molar-refractivity contribution in [1.82, 2.24) is 9.97 Å². The number of H-pyrrole nitrogens is 1. The molecule has 0 saturated heterocycles. The van der Waals surface area contributed by atoms with Crippen molar-refractivity contribution < 1.29 is 5.11 Å². The Bertz CT molecular complexity index is 506. The van der Waals surface area contributed by atoms with E-state index in [0.717, 1.165) is 17.1 Å². The molecule has 0 fully saturated rings. The lowest BCUT2D eigenvalue weighted by molar-refractivity contribution is 0.298. The van der Waals surface area contributed by atoms with E-state index in [9.17, 15) is 0 Å². The number of aliphatic hydroxyl groups is 1. The zero-order chi connectivity index (χ0) is 13.2. The summed E-state index contributed by atoms with van der Waals surface area (Å²) in [6, 6.07) is 8.46. The summed E-state index contributed by atoms with van der Waals surface area (Å²) >= 11 is 0. The van der Waals surface area contributed by atoms with Crippen molar-refractivity contribution in [3.63, 3.8) is 0 Å². The smallest absolute Gasteiger partial charge is 0.137 e. The molecule has 1 aromatic carbocycles. The minimum atomic E-state index is 0.143. The van der Waals surface area contributed by atoms with Crippen LogP contribution < -0.4 is 0 Å². The molecule has 2 rings (SSSR count). The predicted molar refractivity (Wildman–Crippen MR) is 73.5 cm³/mol. The maximum absolute atomic E-state index is 8.88. The second kappa shape index (κ2) is 4.94. The summed E-state index contributed by atoms with van der Waals surface area (Å²) in [6.07, 6.45) is 2.40. The molecule has 0 aliphatic rings. The minimum Gasteiger partial charge on any atom is -0.396 e. The fraction of sp³-hybridized carbons (Fsp3) is 0.400. The molecule has 1 heterocycles. The molecule has 0 radical (unpaired) electrons. The molecule has 2 N–H and O–H groups in total. The molecule has 0 unspecified atom stereocenters. The topological polar surface area (TPSA) is 48.9 Å². The molecule has 0 amide bonds. The number of aromatic nitrogens is 2. The first kappa shape index (κ1) is 12.8. The zero-order valence-electron chi connectivity index (χ0n) is 11.2. The van der Waals surface area contributed by atoms with E-state index in [1.54, 1.807) is 6.20 Å². The minimum absolute atomic E-state index is 0.143. The van der Waals surface area contributed by atoms with Crippen molar-refractivity contribution in [1.29, 1.82) is 0 Å². The van der Waals surface area contributed by atoms with Gasteiger partial charge in [0.2, 0.25) is 0 Å². The quantitative estimate of drug-likeness (QED) is 0.872. The first-order valence-corrected chi connectivity index (χ1v) is 6.26. The highest BCUT2D eigenvalue weighted by Gasteiger charge is 2.13. The van der Waals surface area contributed by atoms with Crippen LogP contribution >= 0.6 is 0 Å². The molecule has 0 aliphatic heterocycles. The Kier molecular flexibility index (Phi) is 3.53. The normalized spacial score (nSPS) is 11.8. The van der Waals surface area contributed by atoms with Gasteiger partial charge in [-0.25, -0.2) is 4.98 Å². The molecule has 0 aliphatic carbocycles. The number of hydrogen-bond donors (Lipinski definition) is 2. The Labute approximate surface area is 108 Å². The molecule has 3 nitrogen and oxygen atoms in total. The van der Waals surface area contributed by atoms with E-state index < -0.39 is 0 Å². The Morgan fingerprint density at radius 2 is 1.83 bits per heavy atom. The van der Waals surface area contributed by atoms with Gasteiger partial charge in [0.25, 0.3) is 0 Å². The van der Waals surface area contributed by atoms with Gasteiger partial charge in [-0.1, -0.05) is 45.0 Å². The SMILES string of the molecule is CC(C)(C)c1ccc(-c2ncc(CCO)[nH]2)cc1. The number of imidazole rings is 1. The van der Waals surface area contributed by atoms with Crippen LogP contribution in [0.3, 0.4) is 0 Å². The fourth-order valence-corrected chi connectivity index (χ4v) is 1.88. The Balaban J connectivity index is 2.23. The molecule has 2 aromatic rings. The summed E-state index contributed by atoms with van der Waals surface area (Å²) < 4.78 is 0. The fourth-order valence-electron chi connectivity index (χ4n) is 1.88. The first-order chi connectivity index (χ1) is 8.50. The highest BCUT2D eigenvalue weighted by molar-refractivity contribution is 5.56. The number of aliphatic hydroxyl groups excluding tert-OH is 1. The molecule has 0 spiro atoms. The maximum Gasteiger partial charge on any atom is 0.137 e. The van der Waals surface area contributed by atoms with Crippen LogP contribution in [-0.4, -0.2) is 21.7 Å². The molecule has 1 aromatic heterocycles. The van der Waals surface area contributed by atoms with Crippen molar-refractivity contribution in [2.45, 2.75) is 32.6 Å². The van der Waals surface area contributed by atoms with Gasteiger partial charge in [0.15, 0.2) is 0 Å². The average molecular weight is 244 g/mol. The van der Waals surface area contributed by atoms with E-state index in [4.69, 9.17) is 5.11 Å².